The number of hydrogen-bond acceptors (Lipinski definition) is 4. The van der Waals surface area contributed by atoms with Gasteiger partial charge in [-0.3, -0.25) is 4.79 Å². The van der Waals surface area contributed by atoms with Crippen LogP contribution in [-0.4, -0.2) is 16.9 Å². The molecule has 2 rings (SSSR count). The van der Waals surface area contributed by atoms with Crippen LogP contribution in [0.3, 0.4) is 0 Å². The number of aromatic nitrogens is 1. The number of rotatable bonds is 6. The van der Waals surface area contributed by atoms with Gasteiger partial charge in [-0.05, 0) is 18.1 Å². The van der Waals surface area contributed by atoms with E-state index in [1.165, 1.54) is 23.5 Å². The Morgan fingerprint density at radius 2 is 2.17 bits per heavy atom. The Hall–Kier alpha value is -1.57. The van der Waals surface area contributed by atoms with Crippen molar-refractivity contribution in [3.8, 4) is 0 Å². The van der Waals surface area contributed by atoms with Gasteiger partial charge in [0.2, 0.25) is 5.91 Å². The first-order chi connectivity index (χ1) is 10.5. The fourth-order valence-corrected chi connectivity index (χ4v) is 2.78. The van der Waals surface area contributed by atoms with Crippen LogP contribution in [0, 0.1) is 11.6 Å². The van der Waals surface area contributed by atoms with Gasteiger partial charge in [0.1, 0.15) is 11.6 Å². The largest absolute Gasteiger partial charge is 0.320 e. The summed E-state index contributed by atoms with van der Waals surface area (Å²) in [4.78, 5) is 16.6. The highest BCUT2D eigenvalue weighted by Gasteiger charge is 2.14. The fraction of sp³-hybridized carbons (Fsp3) is 0.333. The zero-order valence-corrected chi connectivity index (χ0v) is 14.1. The topological polar surface area (TPSA) is 68.0 Å². The molecular weight excluding hydrogens is 344 g/mol. The average molecular weight is 362 g/mol. The van der Waals surface area contributed by atoms with Crippen LogP contribution in [0.25, 0.3) is 0 Å². The first-order valence-corrected chi connectivity index (χ1v) is 7.76. The molecule has 0 aliphatic rings. The van der Waals surface area contributed by atoms with Gasteiger partial charge in [0.05, 0.1) is 6.04 Å². The summed E-state index contributed by atoms with van der Waals surface area (Å²) in [5, 5.41) is 3.07. The third kappa shape index (κ3) is 5.53. The summed E-state index contributed by atoms with van der Waals surface area (Å²) in [6, 6.07) is 2.90. The first-order valence-electron chi connectivity index (χ1n) is 6.94. The van der Waals surface area contributed by atoms with Gasteiger partial charge in [0.15, 0.2) is 5.13 Å². The number of nitrogens with one attached hydrogen (secondary N) is 1. The number of carbonyl (C=O) groups excluding carboxylic acids is 1. The van der Waals surface area contributed by atoms with Crippen LogP contribution < -0.4 is 11.1 Å². The van der Waals surface area contributed by atoms with Crippen molar-refractivity contribution in [2.45, 2.75) is 32.2 Å². The average Bonchev–Trinajstić information content (AvgIpc) is 2.89. The molecule has 2 aromatic rings. The molecule has 0 saturated carbocycles. The molecule has 1 aromatic carbocycles. The highest BCUT2D eigenvalue weighted by Crippen LogP contribution is 2.23. The lowest BCUT2D eigenvalue weighted by molar-refractivity contribution is -0.117. The molecule has 0 aliphatic heterocycles. The maximum atomic E-state index is 13.6. The van der Waals surface area contributed by atoms with E-state index in [-0.39, 0.29) is 18.3 Å². The van der Waals surface area contributed by atoms with Crippen LogP contribution in [-0.2, 0) is 11.2 Å². The van der Waals surface area contributed by atoms with Crippen LogP contribution in [0.2, 0.25) is 0 Å². The van der Waals surface area contributed by atoms with Crippen molar-refractivity contribution >= 4 is 34.8 Å². The normalized spacial score (nSPS) is 11.7. The number of benzene rings is 1. The number of nitrogens with zero attached hydrogens (tertiary/aromatic N) is 1. The minimum atomic E-state index is -0.608. The van der Waals surface area contributed by atoms with Crippen molar-refractivity contribution in [1.29, 1.82) is 0 Å². The van der Waals surface area contributed by atoms with E-state index in [4.69, 9.17) is 5.73 Å². The minimum Gasteiger partial charge on any atom is -0.320 e. The fourth-order valence-electron chi connectivity index (χ4n) is 1.94. The number of thiazole rings is 1. The Labute approximate surface area is 143 Å². The molecule has 1 unspecified atom stereocenters. The molecule has 0 bridgehead atoms. The van der Waals surface area contributed by atoms with Gasteiger partial charge in [-0.2, -0.15) is 0 Å². The first kappa shape index (κ1) is 19.5. The third-order valence-electron chi connectivity index (χ3n) is 3.10. The summed E-state index contributed by atoms with van der Waals surface area (Å²) in [6.07, 6.45) is 3.28. The highest BCUT2D eigenvalue weighted by molar-refractivity contribution is 7.15. The molecule has 4 nitrogen and oxygen atoms in total. The molecular formula is C15H18ClF2N3OS. The van der Waals surface area contributed by atoms with Crippen LogP contribution in [0.15, 0.2) is 24.4 Å². The van der Waals surface area contributed by atoms with Gasteiger partial charge >= 0.3 is 0 Å². The van der Waals surface area contributed by atoms with E-state index in [0.29, 0.717) is 23.5 Å². The molecule has 0 saturated heterocycles. The second-order valence-electron chi connectivity index (χ2n) is 4.93. The number of halogens is 3. The van der Waals surface area contributed by atoms with Gasteiger partial charge < -0.3 is 11.1 Å². The van der Waals surface area contributed by atoms with E-state index >= 15 is 0 Å². The molecule has 126 valence electrons. The van der Waals surface area contributed by atoms with Crippen molar-refractivity contribution in [2.75, 3.05) is 5.32 Å². The maximum absolute atomic E-state index is 13.6. The van der Waals surface area contributed by atoms with E-state index in [1.807, 2.05) is 6.92 Å². The van der Waals surface area contributed by atoms with Crippen molar-refractivity contribution in [2.24, 2.45) is 5.73 Å². The summed E-state index contributed by atoms with van der Waals surface area (Å²) in [7, 11) is 0. The van der Waals surface area contributed by atoms with Gasteiger partial charge in [0.25, 0.3) is 0 Å². The summed E-state index contributed by atoms with van der Waals surface area (Å²) in [6.45, 7) is 1.95. The zero-order valence-electron chi connectivity index (χ0n) is 12.5. The molecule has 1 amide bonds. The van der Waals surface area contributed by atoms with Crippen molar-refractivity contribution in [3.05, 3.63) is 46.5 Å². The molecule has 0 radical (unpaired) electrons. The predicted molar refractivity (Wildman–Crippen MR) is 90.0 cm³/mol. The van der Waals surface area contributed by atoms with E-state index in [2.05, 4.69) is 10.3 Å². The standard InChI is InChI=1S/C15H17F2N3OS.ClH/c1-2-3-13(18)14(21)20-15-19-8-11(22-15)6-9-4-5-10(16)7-12(9)17;/h4-5,7-8,13H,2-3,6,18H2,1H3,(H,19,20,21);1H. The molecule has 3 N–H and O–H groups in total. The van der Waals surface area contributed by atoms with Gasteiger partial charge in [-0.15, -0.1) is 23.7 Å². The Balaban J connectivity index is 0.00000264. The van der Waals surface area contributed by atoms with E-state index in [9.17, 15) is 13.6 Å². The van der Waals surface area contributed by atoms with Gasteiger partial charge in [-0.1, -0.05) is 19.4 Å². The molecule has 0 spiro atoms. The molecule has 23 heavy (non-hydrogen) atoms. The lowest BCUT2D eigenvalue weighted by atomic mass is 10.1. The Morgan fingerprint density at radius 1 is 1.43 bits per heavy atom. The van der Waals surface area contributed by atoms with E-state index < -0.39 is 17.7 Å². The number of carbonyl (C=O) groups is 1. The summed E-state index contributed by atoms with van der Waals surface area (Å²) < 4.78 is 26.5. The SMILES string of the molecule is CCCC(N)C(=O)Nc1ncc(Cc2ccc(F)cc2F)s1.Cl. The molecule has 0 fully saturated rings. The summed E-state index contributed by atoms with van der Waals surface area (Å²) in [5.74, 6) is -1.48. The Morgan fingerprint density at radius 3 is 2.83 bits per heavy atom. The monoisotopic (exact) mass is 361 g/mol. The number of nitrogens with two attached hydrogens (primary N) is 1. The molecule has 0 aliphatic carbocycles. The predicted octanol–water partition coefficient (Wildman–Crippen LogP) is 3.50. The second kappa shape index (κ2) is 8.90. The van der Waals surface area contributed by atoms with Crippen molar-refractivity contribution in [3.63, 3.8) is 0 Å². The highest BCUT2D eigenvalue weighted by atomic mass is 35.5. The van der Waals surface area contributed by atoms with Crippen molar-refractivity contribution < 1.29 is 13.6 Å². The van der Waals surface area contributed by atoms with Crippen molar-refractivity contribution in [1.82, 2.24) is 4.98 Å². The van der Waals surface area contributed by atoms with Crippen LogP contribution in [0.1, 0.15) is 30.2 Å². The van der Waals surface area contributed by atoms with Crippen LogP contribution >= 0.6 is 23.7 Å². The zero-order chi connectivity index (χ0) is 16.1. The molecule has 1 aromatic heterocycles. The van der Waals surface area contributed by atoms with Crippen LogP contribution in [0.4, 0.5) is 13.9 Å². The number of amides is 1. The number of hydrogen-bond donors (Lipinski definition) is 2. The quantitative estimate of drug-likeness (QED) is 0.827. The lowest BCUT2D eigenvalue weighted by Crippen LogP contribution is -2.35. The maximum Gasteiger partial charge on any atom is 0.243 e. The summed E-state index contributed by atoms with van der Waals surface area (Å²) in [5.41, 5.74) is 6.10. The van der Waals surface area contributed by atoms with Crippen LogP contribution in [0.5, 0.6) is 0 Å². The summed E-state index contributed by atoms with van der Waals surface area (Å²) >= 11 is 1.25. The smallest absolute Gasteiger partial charge is 0.243 e. The number of anilines is 1. The second-order valence-corrected chi connectivity index (χ2v) is 6.04. The Kier molecular flexibility index (Phi) is 7.54. The van der Waals surface area contributed by atoms with E-state index in [1.54, 1.807) is 6.20 Å². The minimum absolute atomic E-state index is 0. The lowest BCUT2D eigenvalue weighted by Gasteiger charge is -2.08. The third-order valence-corrected chi connectivity index (χ3v) is 4.01. The van der Waals surface area contributed by atoms with Gasteiger partial charge in [0, 0.05) is 23.6 Å². The molecule has 8 heteroatoms. The van der Waals surface area contributed by atoms with E-state index in [0.717, 1.165) is 17.4 Å². The van der Waals surface area contributed by atoms with Gasteiger partial charge in [-0.25, -0.2) is 13.8 Å². The molecule has 1 atom stereocenters. The molecule has 1 heterocycles. The Bertz CT molecular complexity index is 666.